The summed E-state index contributed by atoms with van der Waals surface area (Å²) >= 11 is 0. The summed E-state index contributed by atoms with van der Waals surface area (Å²) in [7, 11) is 0. The normalized spacial score (nSPS) is 26.1. The van der Waals surface area contributed by atoms with Gasteiger partial charge in [0.25, 0.3) is 0 Å². The van der Waals surface area contributed by atoms with Crippen LogP contribution in [0.4, 0.5) is 0 Å². The number of nitrogens with zero attached hydrogens (tertiary/aromatic N) is 2. The summed E-state index contributed by atoms with van der Waals surface area (Å²) in [5, 5.41) is 0. The lowest BCUT2D eigenvalue weighted by atomic mass is 9.93. The van der Waals surface area contributed by atoms with E-state index in [9.17, 15) is 9.59 Å². The van der Waals surface area contributed by atoms with Gasteiger partial charge in [0.2, 0.25) is 5.91 Å². The number of amides is 1. The zero-order valence-corrected chi connectivity index (χ0v) is 14.7. The van der Waals surface area contributed by atoms with Crippen LogP contribution < -0.4 is 4.74 Å². The first kappa shape index (κ1) is 16.6. The van der Waals surface area contributed by atoms with Gasteiger partial charge >= 0.3 is 0 Å². The van der Waals surface area contributed by atoms with Crippen molar-refractivity contribution < 1.29 is 14.3 Å². The Labute approximate surface area is 148 Å². The molecule has 25 heavy (non-hydrogen) atoms. The number of fused-ring (bicyclic) bond motifs is 1. The number of benzene rings is 1. The lowest BCUT2D eigenvalue weighted by Crippen LogP contribution is -2.35. The average molecular weight is 342 g/mol. The van der Waals surface area contributed by atoms with E-state index in [1.54, 1.807) is 0 Å². The largest absolute Gasteiger partial charge is 0.493 e. The summed E-state index contributed by atoms with van der Waals surface area (Å²) in [6, 6.07) is 6.95. The first-order chi connectivity index (χ1) is 12.2. The van der Waals surface area contributed by atoms with Crippen molar-refractivity contribution in [3.05, 3.63) is 29.3 Å². The van der Waals surface area contributed by atoms with Crippen molar-refractivity contribution in [2.75, 3.05) is 32.8 Å². The minimum Gasteiger partial charge on any atom is -0.493 e. The molecule has 0 saturated carbocycles. The van der Waals surface area contributed by atoms with Gasteiger partial charge in [0.1, 0.15) is 12.0 Å². The summed E-state index contributed by atoms with van der Waals surface area (Å²) in [4.78, 5) is 27.2. The number of aldehydes is 1. The van der Waals surface area contributed by atoms with Crippen LogP contribution in [0, 0.1) is 0 Å². The van der Waals surface area contributed by atoms with E-state index in [-0.39, 0.29) is 5.91 Å². The number of carbonyl (C=O) groups excluding carboxylic acids is 2. The molecular weight excluding hydrogens is 316 g/mol. The van der Waals surface area contributed by atoms with Gasteiger partial charge in [-0.3, -0.25) is 9.69 Å². The van der Waals surface area contributed by atoms with Gasteiger partial charge in [-0.25, -0.2) is 0 Å². The fourth-order valence-electron chi connectivity index (χ4n) is 4.55. The molecule has 2 saturated heterocycles. The number of ether oxygens (including phenoxy) is 1. The highest BCUT2D eigenvalue weighted by Crippen LogP contribution is 2.36. The van der Waals surface area contributed by atoms with Crippen LogP contribution >= 0.6 is 0 Å². The second-order valence-electron chi connectivity index (χ2n) is 7.45. The van der Waals surface area contributed by atoms with E-state index in [0.717, 1.165) is 64.0 Å². The average Bonchev–Trinajstić information content (AvgIpc) is 3.32. The third kappa shape index (κ3) is 3.43. The Hall–Kier alpha value is -1.88. The maximum atomic E-state index is 11.8. The van der Waals surface area contributed by atoms with Gasteiger partial charge < -0.3 is 14.4 Å². The fraction of sp³-hybridized carbons (Fsp3) is 0.600. The van der Waals surface area contributed by atoms with E-state index in [4.69, 9.17) is 4.74 Å². The highest BCUT2D eigenvalue weighted by Gasteiger charge is 2.33. The van der Waals surface area contributed by atoms with Gasteiger partial charge in [-0.05, 0) is 42.4 Å². The minimum atomic E-state index is 0.287. The van der Waals surface area contributed by atoms with Crippen molar-refractivity contribution in [1.29, 1.82) is 0 Å². The van der Waals surface area contributed by atoms with E-state index in [1.807, 2.05) is 4.90 Å². The third-order valence-electron chi connectivity index (χ3n) is 5.93. The Balaban J connectivity index is 1.42. The fourth-order valence-corrected chi connectivity index (χ4v) is 4.55. The molecule has 134 valence electrons. The van der Waals surface area contributed by atoms with Crippen molar-refractivity contribution in [3.8, 4) is 5.75 Å². The van der Waals surface area contributed by atoms with Crippen molar-refractivity contribution in [2.24, 2.45) is 0 Å². The van der Waals surface area contributed by atoms with Crippen LogP contribution in [0.5, 0.6) is 5.75 Å². The van der Waals surface area contributed by atoms with E-state index >= 15 is 0 Å². The van der Waals surface area contributed by atoms with Crippen LogP contribution in [0.25, 0.3) is 0 Å². The molecule has 0 radical (unpaired) electrons. The lowest BCUT2D eigenvalue weighted by Gasteiger charge is -2.24. The summed E-state index contributed by atoms with van der Waals surface area (Å²) in [6.07, 6.45) is 5.71. The molecule has 2 unspecified atom stereocenters. The van der Waals surface area contributed by atoms with Gasteiger partial charge in [0, 0.05) is 38.5 Å². The molecular formula is C20H26N2O3. The smallest absolute Gasteiger partial charge is 0.222 e. The quantitative estimate of drug-likeness (QED) is 0.742. The van der Waals surface area contributed by atoms with E-state index in [2.05, 4.69) is 23.1 Å². The summed E-state index contributed by atoms with van der Waals surface area (Å²) in [6.45, 7) is 3.92. The molecule has 3 aliphatic rings. The van der Waals surface area contributed by atoms with E-state index < -0.39 is 0 Å². The van der Waals surface area contributed by atoms with Gasteiger partial charge in [0.15, 0.2) is 0 Å². The summed E-state index contributed by atoms with van der Waals surface area (Å²) < 4.78 is 5.61. The standard InChI is InChI=1S/C20H26N2O3/c23-10-9-22-14-17(15-3-4-19-16(12-15)6-11-25-19)13-18(22)5-8-21-7-1-2-20(21)24/h3-4,10,12,17-18H,1-2,5-9,11,13-14H2. The Morgan fingerprint density at radius 3 is 3.00 bits per heavy atom. The minimum absolute atomic E-state index is 0.287. The second kappa shape index (κ2) is 7.16. The summed E-state index contributed by atoms with van der Waals surface area (Å²) in [5.74, 6) is 1.77. The Morgan fingerprint density at radius 2 is 2.20 bits per heavy atom. The van der Waals surface area contributed by atoms with Crippen LogP contribution in [0.1, 0.15) is 42.7 Å². The molecule has 0 bridgehead atoms. The van der Waals surface area contributed by atoms with Gasteiger partial charge in [-0.15, -0.1) is 0 Å². The topological polar surface area (TPSA) is 49.9 Å². The molecule has 0 aliphatic carbocycles. The second-order valence-corrected chi connectivity index (χ2v) is 7.45. The number of rotatable bonds is 6. The van der Waals surface area contributed by atoms with Crippen molar-refractivity contribution in [3.63, 3.8) is 0 Å². The SMILES string of the molecule is O=CCN1CC(c2ccc3c(c2)CCO3)CC1CCN1CCCC1=O. The molecule has 1 aromatic rings. The molecule has 0 N–H and O–H groups in total. The number of likely N-dealkylation sites (tertiary alicyclic amines) is 2. The highest BCUT2D eigenvalue weighted by atomic mass is 16.5. The molecule has 0 spiro atoms. The first-order valence-electron chi connectivity index (χ1n) is 9.45. The molecule has 4 rings (SSSR count). The molecule has 2 atom stereocenters. The van der Waals surface area contributed by atoms with Crippen molar-refractivity contribution in [2.45, 2.75) is 44.1 Å². The zero-order valence-electron chi connectivity index (χ0n) is 14.7. The first-order valence-corrected chi connectivity index (χ1v) is 9.45. The zero-order chi connectivity index (χ0) is 17.2. The van der Waals surface area contributed by atoms with Gasteiger partial charge in [-0.2, -0.15) is 0 Å². The Kier molecular flexibility index (Phi) is 4.75. The number of hydrogen-bond donors (Lipinski definition) is 0. The maximum Gasteiger partial charge on any atom is 0.222 e. The van der Waals surface area contributed by atoms with Crippen LogP contribution in [0.3, 0.4) is 0 Å². The molecule has 2 fully saturated rings. The molecule has 5 nitrogen and oxygen atoms in total. The molecule has 3 heterocycles. The molecule has 3 aliphatic heterocycles. The molecule has 1 aromatic carbocycles. The van der Waals surface area contributed by atoms with E-state index in [0.29, 0.717) is 24.9 Å². The van der Waals surface area contributed by atoms with Gasteiger partial charge in [0.05, 0.1) is 13.2 Å². The monoisotopic (exact) mass is 342 g/mol. The highest BCUT2D eigenvalue weighted by molar-refractivity contribution is 5.78. The van der Waals surface area contributed by atoms with Crippen LogP contribution in [-0.4, -0.2) is 60.8 Å². The lowest BCUT2D eigenvalue weighted by molar-refractivity contribution is -0.127. The van der Waals surface area contributed by atoms with Gasteiger partial charge in [-0.1, -0.05) is 12.1 Å². The van der Waals surface area contributed by atoms with Crippen molar-refractivity contribution in [1.82, 2.24) is 9.80 Å². The number of carbonyl (C=O) groups is 2. The Bertz CT molecular complexity index is 660. The van der Waals surface area contributed by atoms with E-state index in [1.165, 1.54) is 11.1 Å². The molecule has 1 amide bonds. The predicted molar refractivity (Wildman–Crippen MR) is 94.9 cm³/mol. The molecule has 0 aromatic heterocycles. The number of hydrogen-bond acceptors (Lipinski definition) is 4. The third-order valence-corrected chi connectivity index (χ3v) is 5.93. The van der Waals surface area contributed by atoms with Crippen LogP contribution in [0.15, 0.2) is 18.2 Å². The van der Waals surface area contributed by atoms with Crippen LogP contribution in [0.2, 0.25) is 0 Å². The predicted octanol–water partition coefficient (Wildman–Crippen LogP) is 1.99. The van der Waals surface area contributed by atoms with Crippen molar-refractivity contribution >= 4 is 12.2 Å². The van der Waals surface area contributed by atoms with Crippen LogP contribution in [-0.2, 0) is 16.0 Å². The summed E-state index contributed by atoms with van der Waals surface area (Å²) in [5.41, 5.74) is 2.67. The molecule has 5 heteroatoms. The Morgan fingerprint density at radius 1 is 1.28 bits per heavy atom. The maximum absolute atomic E-state index is 11.8.